The molecule has 4 heterocycles. The Balaban J connectivity index is 1.07. The molecule has 0 aliphatic rings. The standard InChI is InChI=1S/C48H28N4/c1-2-11-30-26-33(21-20-29(30)10-1)46-38-14-3-6-17-41(38)49-48(50-46)52-43-19-8-5-13-35(43)39-27-31(23-25-45(39)52)32-22-24-44-40(28-32)37-16-9-15-36-34-12-4-7-18-42(34)51(44)47(36)37/h1-28H. The Hall–Kier alpha value is -7.04. The minimum Gasteiger partial charge on any atom is -0.308 e. The highest BCUT2D eigenvalue weighted by atomic mass is 15.2. The van der Waals surface area contributed by atoms with Crippen molar-refractivity contribution in [3.05, 3.63) is 170 Å². The number of aromatic nitrogens is 4. The van der Waals surface area contributed by atoms with Crippen molar-refractivity contribution in [3.8, 4) is 28.3 Å². The second-order valence-corrected chi connectivity index (χ2v) is 13.8. The van der Waals surface area contributed by atoms with E-state index in [9.17, 15) is 0 Å². The van der Waals surface area contributed by atoms with Crippen LogP contribution in [0.2, 0.25) is 0 Å². The highest BCUT2D eigenvalue weighted by Gasteiger charge is 2.20. The van der Waals surface area contributed by atoms with E-state index in [-0.39, 0.29) is 0 Å². The zero-order valence-corrected chi connectivity index (χ0v) is 28.0. The Kier molecular flexibility index (Phi) is 5.47. The summed E-state index contributed by atoms with van der Waals surface area (Å²) in [6.07, 6.45) is 0. The number of benzene rings is 8. The largest absolute Gasteiger partial charge is 0.308 e. The van der Waals surface area contributed by atoms with Crippen molar-refractivity contribution in [2.24, 2.45) is 0 Å². The van der Waals surface area contributed by atoms with Gasteiger partial charge in [-0.15, -0.1) is 0 Å². The molecule has 4 aromatic heterocycles. The first-order chi connectivity index (χ1) is 25.8. The van der Waals surface area contributed by atoms with Crippen LogP contribution in [0.3, 0.4) is 0 Å². The van der Waals surface area contributed by atoms with Gasteiger partial charge in [-0.3, -0.25) is 4.57 Å². The zero-order valence-electron chi connectivity index (χ0n) is 28.0. The molecule has 0 aliphatic heterocycles. The van der Waals surface area contributed by atoms with Gasteiger partial charge in [-0.05, 0) is 70.4 Å². The molecule has 0 radical (unpaired) electrons. The second kappa shape index (κ2) is 10.3. The summed E-state index contributed by atoms with van der Waals surface area (Å²) in [4.78, 5) is 10.5. The summed E-state index contributed by atoms with van der Waals surface area (Å²) in [6, 6.07) is 61.2. The molecule has 12 aromatic rings. The monoisotopic (exact) mass is 660 g/mol. The highest BCUT2D eigenvalue weighted by Crippen LogP contribution is 2.41. The zero-order chi connectivity index (χ0) is 33.9. The van der Waals surface area contributed by atoms with E-state index in [1.807, 2.05) is 0 Å². The van der Waals surface area contributed by atoms with Gasteiger partial charge in [0.25, 0.3) is 0 Å². The Morgan fingerprint density at radius 1 is 0.346 bits per heavy atom. The lowest BCUT2D eigenvalue weighted by Gasteiger charge is -2.12. The van der Waals surface area contributed by atoms with Gasteiger partial charge in [0, 0.05) is 43.3 Å². The van der Waals surface area contributed by atoms with Crippen molar-refractivity contribution in [3.63, 3.8) is 0 Å². The molecule has 4 nitrogen and oxygen atoms in total. The predicted octanol–water partition coefficient (Wildman–Crippen LogP) is 12.4. The topological polar surface area (TPSA) is 35.1 Å². The first-order valence-corrected chi connectivity index (χ1v) is 17.8. The first-order valence-electron chi connectivity index (χ1n) is 17.8. The van der Waals surface area contributed by atoms with Crippen LogP contribution in [-0.2, 0) is 0 Å². The molecular weight excluding hydrogens is 633 g/mol. The van der Waals surface area contributed by atoms with Gasteiger partial charge in [0.15, 0.2) is 0 Å². The Labute approximate surface area is 297 Å². The fourth-order valence-electron chi connectivity index (χ4n) is 8.70. The van der Waals surface area contributed by atoms with Crippen molar-refractivity contribution in [1.29, 1.82) is 0 Å². The lowest BCUT2D eigenvalue weighted by molar-refractivity contribution is 1.01. The molecule has 0 aliphatic carbocycles. The van der Waals surface area contributed by atoms with Crippen molar-refractivity contribution in [1.82, 2.24) is 18.9 Å². The average molecular weight is 661 g/mol. The normalized spacial score (nSPS) is 12.2. The minimum absolute atomic E-state index is 0.667. The van der Waals surface area contributed by atoms with E-state index in [0.29, 0.717) is 5.95 Å². The summed E-state index contributed by atoms with van der Waals surface area (Å²) in [5.74, 6) is 0.667. The van der Waals surface area contributed by atoms with Crippen molar-refractivity contribution < 1.29 is 0 Å². The summed E-state index contributed by atoms with van der Waals surface area (Å²) >= 11 is 0. The van der Waals surface area contributed by atoms with E-state index < -0.39 is 0 Å². The molecule has 0 N–H and O–H groups in total. The van der Waals surface area contributed by atoms with Gasteiger partial charge in [0.1, 0.15) is 0 Å². The summed E-state index contributed by atoms with van der Waals surface area (Å²) in [6.45, 7) is 0. The van der Waals surface area contributed by atoms with Gasteiger partial charge in [-0.25, -0.2) is 9.97 Å². The van der Waals surface area contributed by atoms with Crippen LogP contribution in [0.15, 0.2) is 170 Å². The minimum atomic E-state index is 0.667. The van der Waals surface area contributed by atoms with E-state index in [1.54, 1.807) is 0 Å². The van der Waals surface area contributed by atoms with Crippen molar-refractivity contribution in [2.75, 3.05) is 0 Å². The molecule has 0 amide bonds. The third kappa shape index (κ3) is 3.75. The molecule has 0 spiro atoms. The molecule has 4 heteroatoms. The van der Waals surface area contributed by atoms with E-state index in [0.717, 1.165) is 33.2 Å². The lowest BCUT2D eigenvalue weighted by Crippen LogP contribution is -2.03. The van der Waals surface area contributed by atoms with Crippen LogP contribution < -0.4 is 0 Å². The number of fused-ring (bicyclic) bond motifs is 11. The fourth-order valence-corrected chi connectivity index (χ4v) is 8.70. The van der Waals surface area contributed by atoms with Crippen LogP contribution in [0, 0.1) is 0 Å². The van der Waals surface area contributed by atoms with Gasteiger partial charge in [-0.2, -0.15) is 0 Å². The molecule has 240 valence electrons. The highest BCUT2D eigenvalue weighted by molar-refractivity contribution is 6.23. The smallest absolute Gasteiger partial charge is 0.235 e. The third-order valence-corrected chi connectivity index (χ3v) is 11.0. The van der Waals surface area contributed by atoms with Crippen LogP contribution in [0.4, 0.5) is 0 Å². The van der Waals surface area contributed by atoms with Crippen molar-refractivity contribution in [2.45, 2.75) is 0 Å². The molecule has 12 rings (SSSR count). The number of para-hydroxylation sites is 4. The molecule has 0 bridgehead atoms. The van der Waals surface area contributed by atoms with Gasteiger partial charge < -0.3 is 4.40 Å². The van der Waals surface area contributed by atoms with Gasteiger partial charge in [0.2, 0.25) is 5.95 Å². The van der Waals surface area contributed by atoms with Crippen LogP contribution in [-0.4, -0.2) is 18.9 Å². The summed E-state index contributed by atoms with van der Waals surface area (Å²) in [5.41, 5.74) is 11.3. The quantitative estimate of drug-likeness (QED) is 0.189. The maximum atomic E-state index is 5.34. The number of nitrogens with zero attached hydrogens (tertiary/aromatic N) is 4. The number of hydrogen-bond donors (Lipinski definition) is 0. The van der Waals surface area contributed by atoms with E-state index in [2.05, 4.69) is 179 Å². The van der Waals surface area contributed by atoms with Crippen LogP contribution in [0.5, 0.6) is 0 Å². The Morgan fingerprint density at radius 3 is 1.73 bits per heavy atom. The van der Waals surface area contributed by atoms with Gasteiger partial charge in [0.05, 0.1) is 38.8 Å². The first kappa shape index (κ1) is 27.7. The summed E-state index contributed by atoms with van der Waals surface area (Å²) < 4.78 is 4.67. The van der Waals surface area contributed by atoms with Crippen LogP contribution in [0.25, 0.3) is 110 Å². The third-order valence-electron chi connectivity index (χ3n) is 11.0. The second-order valence-electron chi connectivity index (χ2n) is 13.8. The molecule has 0 saturated carbocycles. The van der Waals surface area contributed by atoms with Crippen molar-refractivity contribution >= 4 is 81.6 Å². The molecule has 0 fully saturated rings. The maximum Gasteiger partial charge on any atom is 0.235 e. The lowest BCUT2D eigenvalue weighted by atomic mass is 10.00. The van der Waals surface area contributed by atoms with Crippen LogP contribution in [0.1, 0.15) is 0 Å². The summed E-state index contributed by atoms with van der Waals surface area (Å²) in [7, 11) is 0. The Morgan fingerprint density at radius 2 is 0.904 bits per heavy atom. The van der Waals surface area contributed by atoms with Gasteiger partial charge in [-0.1, -0.05) is 121 Å². The molecule has 0 saturated heterocycles. The summed E-state index contributed by atoms with van der Waals surface area (Å²) in [5, 5.41) is 11.0. The van der Waals surface area contributed by atoms with E-state index in [1.165, 1.54) is 70.8 Å². The molecule has 52 heavy (non-hydrogen) atoms. The fraction of sp³-hybridized carbons (Fsp3) is 0. The van der Waals surface area contributed by atoms with E-state index >= 15 is 0 Å². The Bertz CT molecular complexity index is 3420. The molecule has 8 aromatic carbocycles. The number of hydrogen-bond acceptors (Lipinski definition) is 2. The molecule has 0 unspecified atom stereocenters. The van der Waals surface area contributed by atoms with E-state index in [4.69, 9.17) is 9.97 Å². The predicted molar refractivity (Wildman–Crippen MR) is 217 cm³/mol. The SMILES string of the molecule is c1ccc2cc(-c3nc(-n4c5ccccc5c5cc(-c6ccc7c(c6)c6cccc8c9ccccc9n7c86)ccc54)nc4ccccc34)ccc2c1. The molecule has 0 atom stereocenters. The maximum absolute atomic E-state index is 5.34. The average Bonchev–Trinajstić information content (AvgIpc) is 3.85. The molecular formula is C48H28N4. The van der Waals surface area contributed by atoms with Gasteiger partial charge >= 0.3 is 0 Å². The number of rotatable bonds is 3. The van der Waals surface area contributed by atoms with Crippen LogP contribution >= 0.6 is 0 Å².